The number of aromatic nitrogens is 1. The van der Waals surface area contributed by atoms with Crippen LogP contribution >= 0.6 is 24.0 Å². The van der Waals surface area contributed by atoms with Crippen LogP contribution in [0.4, 0.5) is 5.88 Å². The molecule has 0 bridgehead atoms. The van der Waals surface area contributed by atoms with Crippen LogP contribution in [-0.2, 0) is 14.3 Å². The predicted octanol–water partition coefficient (Wildman–Crippen LogP) is 1.76. The molecule has 0 radical (unpaired) electrons. The minimum Gasteiger partial charge on any atom is -0.420 e. The second-order valence-corrected chi connectivity index (χ2v) is 8.02. The zero-order valence-electron chi connectivity index (χ0n) is 14.5. The van der Waals surface area contributed by atoms with Crippen LogP contribution in [0.3, 0.4) is 0 Å². The molecule has 3 aliphatic heterocycles. The summed E-state index contributed by atoms with van der Waals surface area (Å²) < 4.78 is 17.2. The van der Waals surface area contributed by atoms with Crippen molar-refractivity contribution in [1.29, 1.82) is 5.26 Å². The van der Waals surface area contributed by atoms with Gasteiger partial charge in [-0.2, -0.15) is 10.2 Å². The number of thioether (sulfide) groups is 1. The molecule has 1 amide bonds. The number of morpholine rings is 1. The zero-order valence-corrected chi connectivity index (χ0v) is 16.2. The largest absolute Gasteiger partial charge is 0.420 e. The maximum Gasteiger partial charge on any atom is 0.266 e. The van der Waals surface area contributed by atoms with Crippen molar-refractivity contribution in [2.45, 2.75) is 18.9 Å². The number of thiocarbonyl (C=S) groups is 1. The van der Waals surface area contributed by atoms with Crippen molar-refractivity contribution in [1.82, 2.24) is 9.88 Å². The minimum atomic E-state index is -0.176. The van der Waals surface area contributed by atoms with Gasteiger partial charge in [-0.3, -0.25) is 9.69 Å². The molecule has 8 nitrogen and oxygen atoms in total. The monoisotopic (exact) mass is 406 g/mol. The third-order valence-corrected chi connectivity index (χ3v) is 5.95. The summed E-state index contributed by atoms with van der Waals surface area (Å²) in [5.41, 5.74) is 0.206. The van der Waals surface area contributed by atoms with Crippen LogP contribution in [0.15, 0.2) is 9.32 Å². The topological polar surface area (TPSA) is 91.8 Å². The first-order valence-electron chi connectivity index (χ1n) is 8.76. The fraction of sp³-hybridized carbons (Fsp3) is 0.529. The highest BCUT2D eigenvalue weighted by atomic mass is 32.2. The first-order valence-corrected chi connectivity index (χ1v) is 9.99. The summed E-state index contributed by atoms with van der Waals surface area (Å²) in [6.45, 7) is 3.61. The normalized spacial score (nSPS) is 24.9. The molecule has 1 aromatic rings. The first kappa shape index (κ1) is 18.4. The Morgan fingerprint density at radius 3 is 2.89 bits per heavy atom. The van der Waals surface area contributed by atoms with E-state index in [2.05, 4.69) is 11.1 Å². The van der Waals surface area contributed by atoms with E-state index in [0.29, 0.717) is 48.0 Å². The van der Waals surface area contributed by atoms with Gasteiger partial charge in [-0.1, -0.05) is 24.0 Å². The van der Waals surface area contributed by atoms with Crippen molar-refractivity contribution < 1.29 is 18.7 Å². The van der Waals surface area contributed by atoms with Crippen LogP contribution in [0.5, 0.6) is 0 Å². The van der Waals surface area contributed by atoms with Gasteiger partial charge >= 0.3 is 0 Å². The molecule has 1 aromatic heterocycles. The van der Waals surface area contributed by atoms with E-state index in [4.69, 9.17) is 26.1 Å². The summed E-state index contributed by atoms with van der Waals surface area (Å²) >= 11 is 6.56. The van der Waals surface area contributed by atoms with Gasteiger partial charge in [-0.25, -0.2) is 0 Å². The van der Waals surface area contributed by atoms with Gasteiger partial charge in [0.15, 0.2) is 0 Å². The third-order valence-electron chi connectivity index (χ3n) is 4.57. The van der Waals surface area contributed by atoms with Crippen molar-refractivity contribution in [3.05, 3.63) is 16.5 Å². The van der Waals surface area contributed by atoms with E-state index >= 15 is 0 Å². The molecule has 1 atom stereocenters. The van der Waals surface area contributed by atoms with Gasteiger partial charge in [-0.15, -0.1) is 0 Å². The quantitative estimate of drug-likeness (QED) is 0.548. The number of amides is 1. The van der Waals surface area contributed by atoms with Crippen LogP contribution < -0.4 is 4.90 Å². The summed E-state index contributed by atoms with van der Waals surface area (Å²) in [4.78, 5) is 20.9. The molecular weight excluding hydrogens is 388 g/mol. The smallest absolute Gasteiger partial charge is 0.266 e. The maximum absolute atomic E-state index is 12.7. The van der Waals surface area contributed by atoms with Gasteiger partial charge in [0.1, 0.15) is 10.4 Å². The van der Waals surface area contributed by atoms with Gasteiger partial charge in [0.05, 0.1) is 30.8 Å². The summed E-state index contributed by atoms with van der Waals surface area (Å²) in [6.07, 6.45) is 3.53. The second-order valence-electron chi connectivity index (χ2n) is 6.34. The van der Waals surface area contributed by atoms with E-state index in [1.54, 1.807) is 11.0 Å². The van der Waals surface area contributed by atoms with Crippen LogP contribution in [0, 0.1) is 11.3 Å². The lowest BCUT2D eigenvalue weighted by atomic mass is 10.2. The van der Waals surface area contributed by atoms with Gasteiger partial charge < -0.3 is 18.8 Å². The van der Waals surface area contributed by atoms with Crippen LogP contribution in [0.2, 0.25) is 0 Å². The van der Waals surface area contributed by atoms with E-state index in [1.807, 2.05) is 4.90 Å². The minimum absolute atomic E-state index is 0.0340. The van der Waals surface area contributed by atoms with Crippen LogP contribution in [-0.4, -0.2) is 65.7 Å². The lowest BCUT2D eigenvalue weighted by Gasteiger charge is -2.25. The van der Waals surface area contributed by atoms with E-state index in [9.17, 15) is 10.1 Å². The number of hydrogen-bond acceptors (Lipinski definition) is 9. The second kappa shape index (κ2) is 7.98. The fourth-order valence-corrected chi connectivity index (χ4v) is 4.44. The van der Waals surface area contributed by atoms with Crippen molar-refractivity contribution in [3.63, 3.8) is 0 Å². The van der Waals surface area contributed by atoms with Gasteiger partial charge in [0.25, 0.3) is 5.91 Å². The number of anilines is 1. The SMILES string of the molecule is N#Cc1nc(/C=C2\SC(=S)N(CC3CCCO3)C2=O)oc1N1CCOCC1. The molecule has 3 saturated heterocycles. The molecule has 3 fully saturated rings. The molecule has 4 rings (SSSR count). The van der Waals surface area contributed by atoms with Crippen LogP contribution in [0.1, 0.15) is 24.4 Å². The number of carbonyl (C=O) groups excluding carboxylic acids is 1. The number of carbonyl (C=O) groups is 1. The molecule has 142 valence electrons. The lowest BCUT2D eigenvalue weighted by Crippen LogP contribution is -2.36. The Balaban J connectivity index is 1.53. The Labute approximate surface area is 166 Å². The summed E-state index contributed by atoms with van der Waals surface area (Å²) in [5.74, 6) is 0.470. The van der Waals surface area contributed by atoms with Crippen molar-refractivity contribution in [2.24, 2.45) is 0 Å². The Morgan fingerprint density at radius 1 is 1.37 bits per heavy atom. The first-order chi connectivity index (χ1) is 13.2. The number of rotatable bonds is 4. The predicted molar refractivity (Wildman–Crippen MR) is 103 cm³/mol. The molecule has 0 aliphatic carbocycles. The summed E-state index contributed by atoms with van der Waals surface area (Å²) in [6, 6.07) is 2.05. The highest BCUT2D eigenvalue weighted by Crippen LogP contribution is 2.34. The molecule has 0 spiro atoms. The van der Waals surface area contributed by atoms with Gasteiger partial charge in [-0.05, 0) is 12.8 Å². The lowest BCUT2D eigenvalue weighted by molar-refractivity contribution is -0.123. The Bertz CT molecular complexity index is 819. The third kappa shape index (κ3) is 3.87. The van der Waals surface area contributed by atoms with E-state index in [-0.39, 0.29) is 23.6 Å². The summed E-state index contributed by atoms with van der Waals surface area (Å²) in [5, 5.41) is 9.35. The Hall–Kier alpha value is -1.93. The Kier molecular flexibility index (Phi) is 5.45. The molecule has 3 aliphatic rings. The van der Waals surface area contributed by atoms with Crippen molar-refractivity contribution >= 4 is 46.2 Å². The number of ether oxygens (including phenoxy) is 2. The number of oxazole rings is 1. The average Bonchev–Trinajstić information content (AvgIpc) is 3.40. The Morgan fingerprint density at radius 2 is 2.19 bits per heavy atom. The number of hydrogen-bond donors (Lipinski definition) is 0. The zero-order chi connectivity index (χ0) is 18.8. The molecule has 10 heteroatoms. The number of nitrogens with zero attached hydrogens (tertiary/aromatic N) is 4. The summed E-state index contributed by atoms with van der Waals surface area (Å²) in [7, 11) is 0. The molecular formula is C17H18N4O4S2. The molecule has 4 heterocycles. The molecule has 0 N–H and O–H groups in total. The van der Waals surface area contributed by atoms with Crippen molar-refractivity contribution in [2.75, 3.05) is 44.4 Å². The highest BCUT2D eigenvalue weighted by molar-refractivity contribution is 8.26. The molecule has 27 heavy (non-hydrogen) atoms. The van der Waals surface area contributed by atoms with Crippen molar-refractivity contribution in [3.8, 4) is 6.07 Å². The van der Waals surface area contributed by atoms with Crippen LogP contribution in [0.25, 0.3) is 6.08 Å². The fourth-order valence-electron chi connectivity index (χ4n) is 3.21. The van der Waals surface area contributed by atoms with E-state index in [1.165, 1.54) is 11.8 Å². The van der Waals surface area contributed by atoms with E-state index in [0.717, 1.165) is 19.4 Å². The molecule has 0 aromatic carbocycles. The molecule has 1 unspecified atom stereocenters. The number of nitriles is 1. The standard InChI is InChI=1S/C17H18N4O4S2/c18-9-12-16(20-3-6-23-7-4-20)25-14(19-12)8-13-15(22)21(17(26)27-13)10-11-2-1-5-24-11/h8,11H,1-7,10H2/b13-8-. The molecule has 0 saturated carbocycles. The van der Waals surface area contributed by atoms with E-state index < -0.39 is 0 Å². The average molecular weight is 406 g/mol. The van der Waals surface area contributed by atoms with Gasteiger partial charge in [0.2, 0.25) is 17.5 Å². The maximum atomic E-state index is 12.7. The highest BCUT2D eigenvalue weighted by Gasteiger charge is 2.35. The van der Waals surface area contributed by atoms with Gasteiger partial charge in [0, 0.05) is 25.8 Å².